The molecule has 0 aliphatic carbocycles. The average molecular weight is 411 g/mol. The van der Waals surface area contributed by atoms with Gasteiger partial charge in [-0.15, -0.1) is 11.3 Å². The summed E-state index contributed by atoms with van der Waals surface area (Å²) in [6.07, 6.45) is 0.780. The molecule has 3 aromatic rings. The molecule has 0 radical (unpaired) electrons. The van der Waals surface area contributed by atoms with E-state index in [0.29, 0.717) is 31.9 Å². The smallest absolute Gasteiger partial charge is 0.254 e. The van der Waals surface area contributed by atoms with Crippen molar-refractivity contribution >= 4 is 17.2 Å². The third kappa shape index (κ3) is 6.41. The molecule has 2 aromatic carbocycles. The summed E-state index contributed by atoms with van der Waals surface area (Å²) in [5, 5.41) is 2.89. The van der Waals surface area contributed by atoms with E-state index in [2.05, 4.69) is 4.98 Å². The number of benzene rings is 2. The maximum absolute atomic E-state index is 13.0. The third-order valence-electron chi connectivity index (χ3n) is 4.42. The van der Waals surface area contributed by atoms with Crippen molar-refractivity contribution in [1.82, 2.24) is 9.88 Å². The van der Waals surface area contributed by atoms with Crippen LogP contribution in [0.15, 0.2) is 60.0 Å². The molecule has 1 aromatic heterocycles. The molecule has 0 spiro atoms. The second kappa shape index (κ2) is 10.7. The van der Waals surface area contributed by atoms with Gasteiger partial charge in [-0.3, -0.25) is 4.79 Å². The van der Waals surface area contributed by atoms with Crippen molar-refractivity contribution in [2.75, 3.05) is 20.3 Å². The number of hydrogen-bond donors (Lipinski definition) is 0. The van der Waals surface area contributed by atoms with Crippen LogP contribution in [0.1, 0.15) is 33.0 Å². The largest absolute Gasteiger partial charge is 0.486 e. The van der Waals surface area contributed by atoms with Crippen LogP contribution in [0.4, 0.5) is 0 Å². The molecule has 1 amide bonds. The number of rotatable bonds is 10. The van der Waals surface area contributed by atoms with Crippen LogP contribution in [0, 0.1) is 6.92 Å². The van der Waals surface area contributed by atoms with Gasteiger partial charge < -0.3 is 14.4 Å². The van der Waals surface area contributed by atoms with Crippen LogP contribution in [0.3, 0.4) is 0 Å². The molecule has 0 fully saturated rings. The lowest BCUT2D eigenvalue weighted by molar-refractivity contribution is 0.0721. The van der Waals surface area contributed by atoms with Gasteiger partial charge in [-0.05, 0) is 37.6 Å². The molecule has 0 aliphatic heterocycles. The fourth-order valence-corrected chi connectivity index (χ4v) is 3.57. The fourth-order valence-electron chi connectivity index (χ4n) is 2.88. The number of carbonyl (C=O) groups excluding carboxylic acids is 1. The van der Waals surface area contributed by atoms with Crippen LogP contribution < -0.4 is 4.74 Å². The van der Waals surface area contributed by atoms with E-state index < -0.39 is 0 Å². The molecule has 0 bridgehead atoms. The summed E-state index contributed by atoms with van der Waals surface area (Å²) in [5.41, 5.74) is 2.70. The highest BCUT2D eigenvalue weighted by Crippen LogP contribution is 2.17. The van der Waals surface area contributed by atoms with Gasteiger partial charge in [0.15, 0.2) is 0 Å². The van der Waals surface area contributed by atoms with Crippen molar-refractivity contribution < 1.29 is 14.3 Å². The topological polar surface area (TPSA) is 51.7 Å². The van der Waals surface area contributed by atoms with Gasteiger partial charge in [-0.25, -0.2) is 4.98 Å². The van der Waals surface area contributed by atoms with Gasteiger partial charge >= 0.3 is 0 Å². The van der Waals surface area contributed by atoms with Crippen LogP contribution in [0.5, 0.6) is 5.75 Å². The van der Waals surface area contributed by atoms with Crippen molar-refractivity contribution in [2.45, 2.75) is 26.5 Å². The Labute approximate surface area is 175 Å². The minimum atomic E-state index is 0.0104. The van der Waals surface area contributed by atoms with E-state index in [1.165, 1.54) is 0 Å². The van der Waals surface area contributed by atoms with E-state index in [1.807, 2.05) is 71.8 Å². The second-order valence-corrected chi connectivity index (χ2v) is 7.72. The zero-order chi connectivity index (χ0) is 20.5. The van der Waals surface area contributed by atoms with Gasteiger partial charge in [0.05, 0.1) is 12.2 Å². The Bertz CT molecular complexity index is 894. The molecule has 0 saturated heterocycles. The highest BCUT2D eigenvalue weighted by atomic mass is 32.1. The Balaban J connectivity index is 1.64. The molecule has 3 rings (SSSR count). The minimum Gasteiger partial charge on any atom is -0.486 e. The lowest BCUT2D eigenvalue weighted by Gasteiger charge is -2.22. The highest BCUT2D eigenvalue weighted by molar-refractivity contribution is 7.09. The van der Waals surface area contributed by atoms with Gasteiger partial charge in [0.2, 0.25) is 0 Å². The number of amides is 1. The average Bonchev–Trinajstić information content (AvgIpc) is 3.20. The van der Waals surface area contributed by atoms with Gasteiger partial charge in [0, 0.05) is 31.2 Å². The van der Waals surface area contributed by atoms with Crippen LogP contribution in [0.25, 0.3) is 0 Å². The first-order chi connectivity index (χ1) is 14.2. The van der Waals surface area contributed by atoms with Crippen LogP contribution in [-0.2, 0) is 17.9 Å². The standard InChI is InChI=1S/C23H26N2O3S/c1-18-9-11-19(12-10-18)23(26)25(13-6-14-27-2)15-20-17-29-22(24-20)16-28-21-7-4-3-5-8-21/h3-5,7-12,17H,6,13-16H2,1-2H3. The number of carbonyl (C=O) groups is 1. The molecule has 152 valence electrons. The van der Waals surface area contributed by atoms with E-state index in [-0.39, 0.29) is 5.91 Å². The van der Waals surface area contributed by atoms with Crippen LogP contribution >= 0.6 is 11.3 Å². The van der Waals surface area contributed by atoms with Crippen LogP contribution in [0.2, 0.25) is 0 Å². The van der Waals surface area contributed by atoms with Gasteiger partial charge in [0.1, 0.15) is 17.4 Å². The molecule has 0 saturated carbocycles. The predicted octanol–water partition coefficient (Wildman–Crippen LogP) is 4.71. The molecule has 0 aliphatic rings. The molecule has 5 nitrogen and oxygen atoms in total. The van der Waals surface area contributed by atoms with Crippen molar-refractivity contribution in [3.8, 4) is 5.75 Å². The van der Waals surface area contributed by atoms with Gasteiger partial charge in [-0.2, -0.15) is 0 Å². The zero-order valence-corrected chi connectivity index (χ0v) is 17.7. The summed E-state index contributed by atoms with van der Waals surface area (Å²) in [7, 11) is 1.67. The molecular formula is C23H26N2O3S. The van der Waals surface area contributed by atoms with E-state index in [4.69, 9.17) is 9.47 Å². The molecule has 0 unspecified atom stereocenters. The summed E-state index contributed by atoms with van der Waals surface area (Å²) >= 11 is 1.55. The number of para-hydroxylation sites is 1. The first-order valence-electron chi connectivity index (χ1n) is 9.61. The lowest BCUT2D eigenvalue weighted by Crippen LogP contribution is -2.32. The predicted molar refractivity (Wildman–Crippen MR) is 115 cm³/mol. The maximum Gasteiger partial charge on any atom is 0.254 e. The van der Waals surface area contributed by atoms with Crippen molar-refractivity contribution in [2.24, 2.45) is 0 Å². The number of thiazole rings is 1. The third-order valence-corrected chi connectivity index (χ3v) is 5.29. The van der Waals surface area contributed by atoms with Crippen LogP contribution in [-0.4, -0.2) is 36.1 Å². The molecule has 1 heterocycles. The normalized spacial score (nSPS) is 10.7. The number of aryl methyl sites for hydroxylation is 1. The summed E-state index contributed by atoms with van der Waals surface area (Å²) in [5.74, 6) is 0.830. The summed E-state index contributed by atoms with van der Waals surface area (Å²) in [6, 6.07) is 17.4. The summed E-state index contributed by atoms with van der Waals surface area (Å²) in [4.78, 5) is 19.5. The maximum atomic E-state index is 13.0. The first kappa shape index (κ1) is 21.0. The quantitative estimate of drug-likeness (QED) is 0.454. The second-order valence-electron chi connectivity index (χ2n) is 6.77. The number of hydrogen-bond acceptors (Lipinski definition) is 5. The molecule has 0 N–H and O–H groups in total. The Morgan fingerprint density at radius 3 is 2.59 bits per heavy atom. The summed E-state index contributed by atoms with van der Waals surface area (Å²) in [6.45, 7) is 4.14. The lowest BCUT2D eigenvalue weighted by atomic mass is 10.1. The first-order valence-corrected chi connectivity index (χ1v) is 10.5. The van der Waals surface area contributed by atoms with E-state index in [9.17, 15) is 4.79 Å². The number of nitrogens with zero attached hydrogens (tertiary/aromatic N) is 2. The van der Waals surface area contributed by atoms with E-state index in [0.717, 1.165) is 28.4 Å². The molecular weight excluding hydrogens is 384 g/mol. The van der Waals surface area contributed by atoms with E-state index >= 15 is 0 Å². The fraction of sp³-hybridized carbons (Fsp3) is 0.304. The van der Waals surface area contributed by atoms with Crippen molar-refractivity contribution in [1.29, 1.82) is 0 Å². The number of aromatic nitrogens is 1. The summed E-state index contributed by atoms with van der Waals surface area (Å²) < 4.78 is 10.9. The number of ether oxygens (including phenoxy) is 2. The Kier molecular flexibility index (Phi) is 7.78. The highest BCUT2D eigenvalue weighted by Gasteiger charge is 2.17. The zero-order valence-electron chi connectivity index (χ0n) is 16.8. The Morgan fingerprint density at radius 2 is 1.86 bits per heavy atom. The van der Waals surface area contributed by atoms with Gasteiger partial charge in [-0.1, -0.05) is 35.9 Å². The molecule has 29 heavy (non-hydrogen) atoms. The van der Waals surface area contributed by atoms with E-state index in [1.54, 1.807) is 18.4 Å². The van der Waals surface area contributed by atoms with Gasteiger partial charge in [0.25, 0.3) is 5.91 Å². The van der Waals surface area contributed by atoms with Crippen molar-refractivity contribution in [3.63, 3.8) is 0 Å². The Hall–Kier alpha value is -2.70. The van der Waals surface area contributed by atoms with Crippen molar-refractivity contribution in [3.05, 3.63) is 81.8 Å². The monoisotopic (exact) mass is 410 g/mol. The molecule has 0 atom stereocenters. The SMILES string of the molecule is COCCCN(Cc1csc(COc2ccccc2)n1)C(=O)c1ccc(C)cc1. The minimum absolute atomic E-state index is 0.0104. The Morgan fingerprint density at radius 1 is 1.10 bits per heavy atom. The molecule has 6 heteroatoms. The number of methoxy groups -OCH3 is 1.